The van der Waals surface area contributed by atoms with E-state index < -0.39 is 48.8 Å². The van der Waals surface area contributed by atoms with Crippen LogP contribution >= 0.6 is 11.6 Å². The lowest BCUT2D eigenvalue weighted by Gasteiger charge is -2.23. The van der Waals surface area contributed by atoms with Gasteiger partial charge in [-0.25, -0.2) is 12.8 Å². The Balaban J connectivity index is 2.60. The van der Waals surface area contributed by atoms with Crippen LogP contribution in [0.25, 0.3) is 0 Å². The van der Waals surface area contributed by atoms with Crippen LogP contribution in [0.3, 0.4) is 0 Å². The molecule has 0 radical (unpaired) electrons. The second-order valence-corrected chi connectivity index (χ2v) is 6.86. The number of hydrogen-bond acceptors (Lipinski definition) is 5. The van der Waals surface area contributed by atoms with E-state index in [4.69, 9.17) is 11.6 Å². The van der Waals surface area contributed by atoms with Gasteiger partial charge in [-0.2, -0.15) is 0 Å². The summed E-state index contributed by atoms with van der Waals surface area (Å²) >= 11 is 5.27. The number of anilines is 1. The first kappa shape index (κ1) is 17.8. The topological polar surface area (TPSA) is 97.6 Å². The van der Waals surface area contributed by atoms with E-state index >= 15 is 0 Å². The molecule has 0 unspecified atom stereocenters. The first-order valence-electron chi connectivity index (χ1n) is 6.43. The van der Waals surface area contributed by atoms with Gasteiger partial charge in [0.1, 0.15) is 12.4 Å². The smallest absolute Gasteiger partial charge is 0.270 e. The lowest BCUT2D eigenvalue weighted by Crippen LogP contribution is -2.35. The SMILES string of the molecule is O=C(Cl)CN(c1ccccc1F)S(=O)(=O)c1cccc([N+](=O)[O-])c1. The molecule has 0 aliphatic rings. The molecule has 0 heterocycles. The second kappa shape index (κ2) is 6.93. The molecule has 0 spiro atoms. The first-order valence-corrected chi connectivity index (χ1v) is 8.25. The number of non-ortho nitro benzene ring substituents is 1. The van der Waals surface area contributed by atoms with E-state index in [1.165, 1.54) is 18.2 Å². The number of nitrogens with zero attached hydrogens (tertiary/aromatic N) is 2. The molecule has 24 heavy (non-hydrogen) atoms. The van der Waals surface area contributed by atoms with Gasteiger partial charge in [-0.3, -0.25) is 19.2 Å². The molecule has 126 valence electrons. The van der Waals surface area contributed by atoms with Gasteiger partial charge in [0.15, 0.2) is 0 Å². The Morgan fingerprint density at radius 2 is 1.88 bits per heavy atom. The van der Waals surface area contributed by atoms with Crippen molar-refractivity contribution in [3.63, 3.8) is 0 Å². The van der Waals surface area contributed by atoms with E-state index in [9.17, 15) is 27.7 Å². The minimum absolute atomic E-state index is 0.391. The monoisotopic (exact) mass is 372 g/mol. The molecule has 2 aromatic rings. The van der Waals surface area contributed by atoms with Gasteiger partial charge in [0.25, 0.3) is 15.7 Å². The fourth-order valence-corrected chi connectivity index (χ4v) is 3.61. The van der Waals surface area contributed by atoms with Gasteiger partial charge in [0.2, 0.25) is 5.24 Å². The summed E-state index contributed by atoms with van der Waals surface area (Å²) in [6, 6.07) is 9.11. The molecule has 0 amide bonds. The lowest BCUT2D eigenvalue weighted by atomic mass is 10.3. The van der Waals surface area contributed by atoms with Crippen LogP contribution < -0.4 is 4.31 Å². The van der Waals surface area contributed by atoms with Crippen LogP contribution in [0.1, 0.15) is 0 Å². The zero-order valence-electron chi connectivity index (χ0n) is 11.9. The summed E-state index contributed by atoms with van der Waals surface area (Å²) in [4.78, 5) is 20.8. The predicted molar refractivity (Wildman–Crippen MR) is 84.9 cm³/mol. The molecule has 2 aromatic carbocycles. The quantitative estimate of drug-likeness (QED) is 0.441. The van der Waals surface area contributed by atoms with Crippen LogP contribution in [-0.2, 0) is 14.8 Å². The highest BCUT2D eigenvalue weighted by Gasteiger charge is 2.29. The third kappa shape index (κ3) is 3.69. The number of nitro benzene ring substituents is 1. The number of carbonyl (C=O) groups is 1. The predicted octanol–water partition coefficient (Wildman–Crippen LogP) is 2.69. The standard InChI is InChI=1S/C14H10ClFN2O5S/c15-14(19)9-17(13-7-2-1-6-12(13)16)24(22,23)11-5-3-4-10(8-11)18(20)21/h1-8H,9H2. The number of carbonyl (C=O) groups excluding carboxylic acids is 1. The van der Waals surface area contributed by atoms with Crippen LogP contribution in [0.4, 0.5) is 15.8 Å². The summed E-state index contributed by atoms with van der Waals surface area (Å²) < 4.78 is 39.9. The Kier molecular flexibility index (Phi) is 5.15. The summed E-state index contributed by atoms with van der Waals surface area (Å²) in [5, 5.41) is 9.78. The van der Waals surface area contributed by atoms with Gasteiger partial charge in [-0.1, -0.05) is 18.2 Å². The molecule has 0 saturated heterocycles. The maximum Gasteiger partial charge on any atom is 0.270 e. The molecule has 0 aromatic heterocycles. The van der Waals surface area contributed by atoms with Gasteiger partial charge in [-0.05, 0) is 29.8 Å². The molecule has 0 saturated carbocycles. The van der Waals surface area contributed by atoms with Gasteiger partial charge in [0.05, 0.1) is 15.5 Å². The van der Waals surface area contributed by atoms with Crippen molar-refractivity contribution in [3.05, 3.63) is 64.5 Å². The zero-order chi connectivity index (χ0) is 17.9. The second-order valence-electron chi connectivity index (χ2n) is 4.57. The molecular formula is C14H10ClFN2O5S. The van der Waals surface area contributed by atoms with E-state index in [2.05, 4.69) is 0 Å². The number of halogens is 2. The molecule has 0 bridgehead atoms. The third-order valence-corrected chi connectivity index (χ3v) is 4.88. The van der Waals surface area contributed by atoms with Gasteiger partial charge in [-0.15, -0.1) is 0 Å². The molecule has 0 aliphatic heterocycles. The van der Waals surface area contributed by atoms with E-state index in [-0.39, 0.29) is 0 Å². The van der Waals surface area contributed by atoms with Crippen molar-refractivity contribution in [2.24, 2.45) is 0 Å². The molecule has 0 N–H and O–H groups in total. The first-order chi connectivity index (χ1) is 11.2. The molecular weight excluding hydrogens is 363 g/mol. The largest absolute Gasteiger partial charge is 0.279 e. The number of rotatable bonds is 6. The highest BCUT2D eigenvalue weighted by atomic mass is 35.5. The molecule has 0 atom stereocenters. The minimum Gasteiger partial charge on any atom is -0.279 e. The van der Waals surface area contributed by atoms with Crippen LogP contribution in [0, 0.1) is 15.9 Å². The fourth-order valence-electron chi connectivity index (χ4n) is 1.95. The highest BCUT2D eigenvalue weighted by molar-refractivity contribution is 7.92. The average molecular weight is 373 g/mol. The number of nitro groups is 1. The third-order valence-electron chi connectivity index (χ3n) is 3.01. The summed E-state index contributed by atoms with van der Waals surface area (Å²) in [6.07, 6.45) is 0. The Labute approximate surface area is 141 Å². The van der Waals surface area contributed by atoms with Gasteiger partial charge >= 0.3 is 0 Å². The van der Waals surface area contributed by atoms with Crippen molar-refractivity contribution >= 4 is 38.2 Å². The summed E-state index contributed by atoms with van der Waals surface area (Å²) in [6.45, 7) is -0.826. The summed E-state index contributed by atoms with van der Waals surface area (Å²) in [5.41, 5.74) is -0.847. The summed E-state index contributed by atoms with van der Waals surface area (Å²) in [7, 11) is -4.44. The van der Waals surface area contributed by atoms with Crippen LogP contribution in [0.15, 0.2) is 53.4 Å². The van der Waals surface area contributed by atoms with Gasteiger partial charge < -0.3 is 0 Å². The van der Waals surface area contributed by atoms with Crippen LogP contribution in [-0.4, -0.2) is 25.1 Å². The van der Waals surface area contributed by atoms with Crippen molar-refractivity contribution in [1.29, 1.82) is 0 Å². The highest BCUT2D eigenvalue weighted by Crippen LogP contribution is 2.28. The average Bonchev–Trinajstić information content (AvgIpc) is 2.53. The number of sulfonamides is 1. The number of benzene rings is 2. The van der Waals surface area contributed by atoms with Crippen molar-refractivity contribution in [2.45, 2.75) is 4.90 Å². The van der Waals surface area contributed by atoms with Crippen LogP contribution in [0.5, 0.6) is 0 Å². The van der Waals surface area contributed by atoms with Crippen molar-refractivity contribution in [2.75, 3.05) is 10.8 Å². The minimum atomic E-state index is -4.44. The van der Waals surface area contributed by atoms with E-state index in [0.717, 1.165) is 30.3 Å². The molecule has 2 rings (SSSR count). The van der Waals surface area contributed by atoms with Crippen molar-refractivity contribution in [1.82, 2.24) is 0 Å². The molecule has 10 heteroatoms. The van der Waals surface area contributed by atoms with Crippen molar-refractivity contribution in [3.8, 4) is 0 Å². The molecule has 0 aliphatic carbocycles. The maximum absolute atomic E-state index is 14.0. The van der Waals surface area contributed by atoms with E-state index in [0.29, 0.717) is 4.31 Å². The van der Waals surface area contributed by atoms with E-state index in [1.54, 1.807) is 0 Å². The molecule has 7 nitrogen and oxygen atoms in total. The fraction of sp³-hybridized carbons (Fsp3) is 0.0714. The Bertz CT molecular complexity index is 904. The Morgan fingerprint density at radius 3 is 2.46 bits per heavy atom. The Hall–Kier alpha value is -2.52. The molecule has 0 fully saturated rings. The van der Waals surface area contributed by atoms with Crippen molar-refractivity contribution < 1.29 is 22.5 Å². The van der Waals surface area contributed by atoms with Crippen LogP contribution in [0.2, 0.25) is 0 Å². The Morgan fingerprint density at radius 1 is 1.21 bits per heavy atom. The van der Waals surface area contributed by atoms with E-state index in [1.807, 2.05) is 0 Å². The number of para-hydroxylation sites is 1. The van der Waals surface area contributed by atoms with Gasteiger partial charge in [0, 0.05) is 12.1 Å². The number of hydrogen-bond donors (Lipinski definition) is 0. The maximum atomic E-state index is 14.0. The normalized spacial score (nSPS) is 11.1. The zero-order valence-corrected chi connectivity index (χ0v) is 13.5. The summed E-state index contributed by atoms with van der Waals surface area (Å²) in [5.74, 6) is -0.885. The lowest BCUT2D eigenvalue weighted by molar-refractivity contribution is -0.385.